The van der Waals surface area contributed by atoms with Gasteiger partial charge in [-0.15, -0.1) is 0 Å². The van der Waals surface area contributed by atoms with Crippen molar-refractivity contribution in [2.24, 2.45) is 5.92 Å². The zero-order chi connectivity index (χ0) is 15.8. The van der Waals surface area contributed by atoms with Crippen LogP contribution in [0, 0.1) is 5.92 Å². The van der Waals surface area contributed by atoms with E-state index in [-0.39, 0.29) is 0 Å². The number of ether oxygens (including phenoxy) is 3. The molecule has 1 N–H and O–H groups in total. The molecular formula is C17H37NO3. The Bertz CT molecular complexity index is 202. The SMILES string of the molecule is CCCCOCCOCCOCCNC(C)CC(C)CC. The number of rotatable bonds is 16. The van der Waals surface area contributed by atoms with Gasteiger partial charge in [0.1, 0.15) is 0 Å². The van der Waals surface area contributed by atoms with E-state index in [0.29, 0.717) is 32.5 Å². The molecule has 0 spiro atoms. The van der Waals surface area contributed by atoms with Crippen molar-refractivity contribution in [3.8, 4) is 0 Å². The fraction of sp³-hybridized carbons (Fsp3) is 1.00. The van der Waals surface area contributed by atoms with Crippen LogP contribution in [0.15, 0.2) is 0 Å². The minimum atomic E-state index is 0.570. The van der Waals surface area contributed by atoms with Crippen molar-refractivity contribution in [3.05, 3.63) is 0 Å². The first-order chi connectivity index (χ1) is 10.2. The Morgan fingerprint density at radius 1 is 0.810 bits per heavy atom. The van der Waals surface area contributed by atoms with Crippen LogP contribution in [0.25, 0.3) is 0 Å². The third kappa shape index (κ3) is 16.0. The molecule has 0 radical (unpaired) electrons. The maximum absolute atomic E-state index is 5.53. The third-order valence-corrected chi connectivity index (χ3v) is 3.58. The van der Waals surface area contributed by atoms with Crippen LogP contribution in [0.4, 0.5) is 0 Å². The molecule has 0 amide bonds. The molecule has 0 heterocycles. The number of hydrogen-bond acceptors (Lipinski definition) is 4. The molecule has 0 aliphatic heterocycles. The van der Waals surface area contributed by atoms with Gasteiger partial charge in [-0.05, 0) is 25.7 Å². The molecule has 21 heavy (non-hydrogen) atoms. The van der Waals surface area contributed by atoms with Gasteiger partial charge in [-0.1, -0.05) is 33.6 Å². The lowest BCUT2D eigenvalue weighted by atomic mass is 10.0. The number of unbranched alkanes of at least 4 members (excludes halogenated alkanes) is 1. The molecule has 0 aromatic carbocycles. The Morgan fingerprint density at radius 3 is 1.95 bits per heavy atom. The van der Waals surface area contributed by atoms with Gasteiger partial charge < -0.3 is 19.5 Å². The summed E-state index contributed by atoms with van der Waals surface area (Å²) < 4.78 is 16.4. The summed E-state index contributed by atoms with van der Waals surface area (Å²) in [6.07, 6.45) is 4.80. The molecule has 0 rings (SSSR count). The second-order valence-corrected chi connectivity index (χ2v) is 5.79. The summed E-state index contributed by atoms with van der Waals surface area (Å²) >= 11 is 0. The molecule has 0 aliphatic carbocycles. The Hall–Kier alpha value is -0.160. The summed E-state index contributed by atoms with van der Waals surface area (Å²) in [5.41, 5.74) is 0. The predicted molar refractivity (Wildman–Crippen MR) is 88.9 cm³/mol. The van der Waals surface area contributed by atoms with E-state index in [2.05, 4.69) is 33.0 Å². The Morgan fingerprint density at radius 2 is 1.38 bits per heavy atom. The molecular weight excluding hydrogens is 266 g/mol. The summed E-state index contributed by atoms with van der Waals surface area (Å²) in [4.78, 5) is 0. The zero-order valence-electron chi connectivity index (χ0n) is 14.7. The summed E-state index contributed by atoms with van der Waals surface area (Å²) in [5.74, 6) is 0.793. The van der Waals surface area contributed by atoms with Crippen molar-refractivity contribution in [1.82, 2.24) is 5.32 Å². The van der Waals surface area contributed by atoms with Crippen LogP contribution in [0.3, 0.4) is 0 Å². The maximum Gasteiger partial charge on any atom is 0.0701 e. The second kappa shape index (κ2) is 16.2. The predicted octanol–water partition coefficient (Wildman–Crippen LogP) is 3.25. The van der Waals surface area contributed by atoms with E-state index >= 15 is 0 Å². The average Bonchev–Trinajstić information content (AvgIpc) is 2.48. The molecule has 0 saturated heterocycles. The van der Waals surface area contributed by atoms with E-state index in [1.54, 1.807) is 0 Å². The van der Waals surface area contributed by atoms with Gasteiger partial charge in [-0.25, -0.2) is 0 Å². The molecule has 2 unspecified atom stereocenters. The van der Waals surface area contributed by atoms with Crippen LogP contribution in [-0.4, -0.2) is 52.2 Å². The zero-order valence-corrected chi connectivity index (χ0v) is 14.7. The van der Waals surface area contributed by atoms with Gasteiger partial charge in [0.2, 0.25) is 0 Å². The van der Waals surface area contributed by atoms with Crippen LogP contribution >= 0.6 is 0 Å². The van der Waals surface area contributed by atoms with Gasteiger partial charge >= 0.3 is 0 Å². The molecule has 0 aromatic heterocycles. The molecule has 0 bridgehead atoms. The molecule has 0 aliphatic rings. The molecule has 0 saturated carbocycles. The minimum Gasteiger partial charge on any atom is -0.379 e. The summed E-state index contributed by atoms with van der Waals surface area (Å²) in [7, 11) is 0. The van der Waals surface area contributed by atoms with Crippen LogP contribution in [0.2, 0.25) is 0 Å². The highest BCUT2D eigenvalue weighted by atomic mass is 16.5. The van der Waals surface area contributed by atoms with Crippen LogP contribution < -0.4 is 5.32 Å². The van der Waals surface area contributed by atoms with E-state index in [1.807, 2.05) is 0 Å². The third-order valence-electron chi connectivity index (χ3n) is 3.58. The first-order valence-corrected chi connectivity index (χ1v) is 8.67. The van der Waals surface area contributed by atoms with Crippen LogP contribution in [0.1, 0.15) is 53.4 Å². The quantitative estimate of drug-likeness (QED) is 0.444. The largest absolute Gasteiger partial charge is 0.379 e. The van der Waals surface area contributed by atoms with E-state index in [9.17, 15) is 0 Å². The fourth-order valence-electron chi connectivity index (χ4n) is 2.02. The van der Waals surface area contributed by atoms with Crippen molar-refractivity contribution >= 4 is 0 Å². The lowest BCUT2D eigenvalue weighted by Gasteiger charge is -2.17. The highest BCUT2D eigenvalue weighted by molar-refractivity contribution is 4.63. The van der Waals surface area contributed by atoms with Gasteiger partial charge in [0, 0.05) is 19.2 Å². The van der Waals surface area contributed by atoms with Crippen LogP contribution in [0.5, 0.6) is 0 Å². The summed E-state index contributed by atoms with van der Waals surface area (Å²) in [5, 5.41) is 3.49. The normalized spacial score (nSPS) is 14.3. The van der Waals surface area contributed by atoms with E-state index in [1.165, 1.54) is 19.3 Å². The van der Waals surface area contributed by atoms with Crippen molar-refractivity contribution in [2.45, 2.75) is 59.4 Å². The lowest BCUT2D eigenvalue weighted by Crippen LogP contribution is -2.31. The van der Waals surface area contributed by atoms with Crippen molar-refractivity contribution in [1.29, 1.82) is 0 Å². The Labute approximate surface area is 131 Å². The van der Waals surface area contributed by atoms with Crippen molar-refractivity contribution < 1.29 is 14.2 Å². The van der Waals surface area contributed by atoms with Gasteiger partial charge in [0.25, 0.3) is 0 Å². The molecule has 128 valence electrons. The molecule has 0 aromatic rings. The number of nitrogens with one attached hydrogen (secondary N) is 1. The Balaban J connectivity index is 3.12. The minimum absolute atomic E-state index is 0.570. The smallest absolute Gasteiger partial charge is 0.0701 e. The molecule has 0 fully saturated rings. The second-order valence-electron chi connectivity index (χ2n) is 5.79. The molecule has 4 heteroatoms. The van der Waals surface area contributed by atoms with Crippen LogP contribution in [-0.2, 0) is 14.2 Å². The Kier molecular flexibility index (Phi) is 16.1. The van der Waals surface area contributed by atoms with Crippen molar-refractivity contribution in [3.63, 3.8) is 0 Å². The molecule has 2 atom stereocenters. The summed E-state index contributed by atoms with van der Waals surface area (Å²) in [6.45, 7) is 14.1. The number of hydrogen-bond donors (Lipinski definition) is 1. The lowest BCUT2D eigenvalue weighted by molar-refractivity contribution is 0.0144. The van der Waals surface area contributed by atoms with E-state index < -0.39 is 0 Å². The topological polar surface area (TPSA) is 39.7 Å². The monoisotopic (exact) mass is 303 g/mol. The van der Waals surface area contributed by atoms with Gasteiger partial charge in [-0.3, -0.25) is 0 Å². The summed E-state index contributed by atoms with van der Waals surface area (Å²) in [6, 6.07) is 0.570. The van der Waals surface area contributed by atoms with Gasteiger partial charge in [0.05, 0.1) is 33.0 Å². The van der Waals surface area contributed by atoms with E-state index in [4.69, 9.17) is 14.2 Å². The van der Waals surface area contributed by atoms with Gasteiger partial charge in [0.15, 0.2) is 0 Å². The van der Waals surface area contributed by atoms with Crippen molar-refractivity contribution in [2.75, 3.05) is 46.2 Å². The maximum atomic E-state index is 5.53. The molecule has 4 nitrogen and oxygen atoms in total. The average molecular weight is 303 g/mol. The highest BCUT2D eigenvalue weighted by Gasteiger charge is 2.05. The van der Waals surface area contributed by atoms with Gasteiger partial charge in [-0.2, -0.15) is 0 Å². The standard InChI is InChI=1S/C17H37NO3/c1-5-7-9-19-11-13-21-14-12-20-10-8-18-17(4)15-16(3)6-2/h16-18H,5-15H2,1-4H3. The first kappa shape index (κ1) is 20.8. The fourth-order valence-corrected chi connectivity index (χ4v) is 2.02. The highest BCUT2D eigenvalue weighted by Crippen LogP contribution is 2.08. The van der Waals surface area contributed by atoms with E-state index in [0.717, 1.165) is 32.1 Å². The first-order valence-electron chi connectivity index (χ1n) is 8.67.